The average molecular weight is 393 g/mol. The fraction of sp³-hybridized carbons (Fsp3) is 0.273. The SMILES string of the molecule is CCOc1ccc(Oc2cc(CNC(=NC)NCCn3cccc3)ccn2)cc1. The van der Waals surface area contributed by atoms with E-state index in [9.17, 15) is 0 Å². The highest BCUT2D eigenvalue weighted by molar-refractivity contribution is 5.79. The van der Waals surface area contributed by atoms with Crippen LogP contribution in [0.5, 0.6) is 17.4 Å². The molecule has 0 aliphatic heterocycles. The molecule has 7 nitrogen and oxygen atoms in total. The van der Waals surface area contributed by atoms with E-state index < -0.39 is 0 Å². The predicted molar refractivity (Wildman–Crippen MR) is 115 cm³/mol. The van der Waals surface area contributed by atoms with Crippen LogP contribution in [0.3, 0.4) is 0 Å². The largest absolute Gasteiger partial charge is 0.494 e. The maximum absolute atomic E-state index is 5.85. The van der Waals surface area contributed by atoms with Crippen molar-refractivity contribution in [1.82, 2.24) is 20.2 Å². The lowest BCUT2D eigenvalue weighted by Gasteiger charge is -2.13. The summed E-state index contributed by atoms with van der Waals surface area (Å²) in [5.74, 6) is 2.84. The zero-order chi connectivity index (χ0) is 20.3. The summed E-state index contributed by atoms with van der Waals surface area (Å²) in [6, 6.07) is 15.4. The van der Waals surface area contributed by atoms with Gasteiger partial charge in [-0.2, -0.15) is 0 Å². The highest BCUT2D eigenvalue weighted by Crippen LogP contribution is 2.23. The van der Waals surface area contributed by atoms with E-state index in [1.165, 1.54) is 0 Å². The van der Waals surface area contributed by atoms with E-state index in [-0.39, 0.29) is 0 Å². The first-order valence-electron chi connectivity index (χ1n) is 9.67. The van der Waals surface area contributed by atoms with Crippen LogP contribution in [0.2, 0.25) is 0 Å². The number of pyridine rings is 1. The van der Waals surface area contributed by atoms with Crippen molar-refractivity contribution in [3.63, 3.8) is 0 Å². The van der Waals surface area contributed by atoms with Gasteiger partial charge in [0.2, 0.25) is 5.88 Å². The van der Waals surface area contributed by atoms with Gasteiger partial charge in [0.05, 0.1) is 6.61 Å². The lowest BCUT2D eigenvalue weighted by Crippen LogP contribution is -2.38. The van der Waals surface area contributed by atoms with Crippen LogP contribution in [-0.2, 0) is 13.1 Å². The number of aromatic nitrogens is 2. The molecule has 0 bridgehead atoms. The minimum Gasteiger partial charge on any atom is -0.494 e. The molecule has 29 heavy (non-hydrogen) atoms. The van der Waals surface area contributed by atoms with E-state index in [4.69, 9.17) is 9.47 Å². The average Bonchev–Trinajstić information content (AvgIpc) is 3.26. The summed E-state index contributed by atoms with van der Waals surface area (Å²) in [4.78, 5) is 8.55. The van der Waals surface area contributed by atoms with Gasteiger partial charge in [-0.1, -0.05) is 0 Å². The maximum Gasteiger partial charge on any atom is 0.219 e. The third-order valence-electron chi connectivity index (χ3n) is 4.17. The summed E-state index contributed by atoms with van der Waals surface area (Å²) in [5.41, 5.74) is 1.05. The molecular weight excluding hydrogens is 366 g/mol. The summed E-state index contributed by atoms with van der Waals surface area (Å²) in [7, 11) is 1.76. The molecule has 0 spiro atoms. The second-order valence-electron chi connectivity index (χ2n) is 6.28. The summed E-state index contributed by atoms with van der Waals surface area (Å²) < 4.78 is 13.4. The van der Waals surface area contributed by atoms with E-state index >= 15 is 0 Å². The minimum atomic E-state index is 0.545. The summed E-state index contributed by atoms with van der Waals surface area (Å²) in [6.07, 6.45) is 5.82. The van der Waals surface area contributed by atoms with Crippen molar-refractivity contribution in [2.75, 3.05) is 20.2 Å². The first kappa shape index (κ1) is 20.3. The number of hydrogen-bond donors (Lipinski definition) is 2. The number of ether oxygens (including phenoxy) is 2. The highest BCUT2D eigenvalue weighted by Gasteiger charge is 2.03. The number of hydrogen-bond acceptors (Lipinski definition) is 4. The van der Waals surface area contributed by atoms with Crippen molar-refractivity contribution >= 4 is 5.96 Å². The molecular formula is C22H27N5O2. The molecule has 0 amide bonds. The van der Waals surface area contributed by atoms with Crippen LogP contribution in [-0.4, -0.2) is 35.7 Å². The fourth-order valence-corrected chi connectivity index (χ4v) is 2.74. The predicted octanol–water partition coefficient (Wildman–Crippen LogP) is 3.44. The van der Waals surface area contributed by atoms with Crippen molar-refractivity contribution in [1.29, 1.82) is 0 Å². The first-order chi connectivity index (χ1) is 14.3. The quantitative estimate of drug-likeness (QED) is 0.430. The van der Waals surface area contributed by atoms with Crippen molar-refractivity contribution < 1.29 is 9.47 Å². The molecule has 7 heteroatoms. The van der Waals surface area contributed by atoms with Gasteiger partial charge in [0, 0.05) is 51.3 Å². The van der Waals surface area contributed by atoms with Crippen molar-refractivity contribution in [2.24, 2.45) is 4.99 Å². The number of rotatable bonds is 9. The van der Waals surface area contributed by atoms with Crippen LogP contribution < -0.4 is 20.1 Å². The van der Waals surface area contributed by atoms with E-state index in [2.05, 4.69) is 25.2 Å². The van der Waals surface area contributed by atoms with Gasteiger partial charge in [0.1, 0.15) is 11.5 Å². The summed E-state index contributed by atoms with van der Waals surface area (Å²) >= 11 is 0. The molecule has 0 atom stereocenters. The normalized spacial score (nSPS) is 11.2. The van der Waals surface area contributed by atoms with Crippen molar-refractivity contribution in [2.45, 2.75) is 20.0 Å². The lowest BCUT2D eigenvalue weighted by molar-refractivity contribution is 0.339. The van der Waals surface area contributed by atoms with Gasteiger partial charge in [0.15, 0.2) is 5.96 Å². The maximum atomic E-state index is 5.85. The Hall–Kier alpha value is -3.48. The van der Waals surface area contributed by atoms with E-state index in [0.29, 0.717) is 24.8 Å². The molecule has 2 heterocycles. The van der Waals surface area contributed by atoms with Gasteiger partial charge < -0.3 is 24.7 Å². The minimum absolute atomic E-state index is 0.545. The molecule has 2 N–H and O–H groups in total. The first-order valence-corrected chi connectivity index (χ1v) is 9.67. The number of benzene rings is 1. The van der Waals surface area contributed by atoms with Gasteiger partial charge >= 0.3 is 0 Å². The zero-order valence-electron chi connectivity index (χ0n) is 16.8. The molecule has 2 aromatic heterocycles. The van der Waals surface area contributed by atoms with E-state index in [1.54, 1.807) is 13.2 Å². The number of nitrogens with one attached hydrogen (secondary N) is 2. The van der Waals surface area contributed by atoms with Crippen LogP contribution in [0.1, 0.15) is 12.5 Å². The van der Waals surface area contributed by atoms with Gasteiger partial charge in [-0.05, 0) is 55.0 Å². The monoisotopic (exact) mass is 393 g/mol. The summed E-state index contributed by atoms with van der Waals surface area (Å²) in [5, 5.41) is 6.62. The Morgan fingerprint density at radius 3 is 2.55 bits per heavy atom. The number of nitrogens with zero attached hydrogens (tertiary/aromatic N) is 3. The van der Waals surface area contributed by atoms with Crippen LogP contribution in [0, 0.1) is 0 Å². The van der Waals surface area contributed by atoms with Crippen LogP contribution in [0.15, 0.2) is 72.1 Å². The molecule has 0 radical (unpaired) electrons. The Kier molecular flexibility index (Phi) is 7.51. The van der Waals surface area contributed by atoms with Crippen LogP contribution in [0.4, 0.5) is 0 Å². The Morgan fingerprint density at radius 1 is 1.07 bits per heavy atom. The molecule has 3 aromatic rings. The second-order valence-corrected chi connectivity index (χ2v) is 6.28. The topological polar surface area (TPSA) is 72.7 Å². The lowest BCUT2D eigenvalue weighted by atomic mass is 10.2. The van der Waals surface area contributed by atoms with E-state index in [1.807, 2.05) is 67.8 Å². The molecule has 3 rings (SSSR count). The third-order valence-corrected chi connectivity index (χ3v) is 4.17. The summed E-state index contributed by atoms with van der Waals surface area (Å²) in [6.45, 7) is 4.88. The molecule has 0 unspecified atom stereocenters. The zero-order valence-corrected chi connectivity index (χ0v) is 16.8. The van der Waals surface area contributed by atoms with Gasteiger partial charge in [-0.25, -0.2) is 4.98 Å². The highest BCUT2D eigenvalue weighted by atomic mass is 16.5. The molecule has 152 valence electrons. The number of guanidine groups is 1. The molecule has 0 saturated carbocycles. The van der Waals surface area contributed by atoms with Crippen molar-refractivity contribution in [3.8, 4) is 17.4 Å². The second kappa shape index (κ2) is 10.8. The van der Waals surface area contributed by atoms with Crippen molar-refractivity contribution in [3.05, 3.63) is 72.7 Å². The smallest absolute Gasteiger partial charge is 0.219 e. The Balaban J connectivity index is 1.49. The molecule has 0 aliphatic rings. The van der Waals surface area contributed by atoms with Crippen LogP contribution >= 0.6 is 0 Å². The molecule has 0 aliphatic carbocycles. The fourth-order valence-electron chi connectivity index (χ4n) is 2.74. The Bertz CT molecular complexity index is 892. The molecule has 0 saturated heterocycles. The Morgan fingerprint density at radius 2 is 1.83 bits per heavy atom. The van der Waals surface area contributed by atoms with E-state index in [0.717, 1.165) is 30.4 Å². The molecule has 1 aromatic carbocycles. The third kappa shape index (κ3) is 6.57. The van der Waals surface area contributed by atoms with Gasteiger partial charge in [-0.15, -0.1) is 0 Å². The van der Waals surface area contributed by atoms with Crippen LogP contribution in [0.25, 0.3) is 0 Å². The van der Waals surface area contributed by atoms with Gasteiger partial charge in [-0.3, -0.25) is 4.99 Å². The number of aliphatic imine (C=N–C) groups is 1. The standard InChI is InChI=1S/C22H27N5O2/c1-3-28-19-6-8-20(9-7-19)29-21-16-18(10-11-24-21)17-26-22(23-2)25-12-15-27-13-4-5-14-27/h4-11,13-14,16H,3,12,15,17H2,1-2H3,(H2,23,25,26). The molecule has 0 fully saturated rings. The van der Waals surface area contributed by atoms with Gasteiger partial charge in [0.25, 0.3) is 0 Å². The Labute approximate surface area is 171 Å².